The third-order valence-corrected chi connectivity index (χ3v) is 4.95. The van der Waals surface area contributed by atoms with E-state index in [0.29, 0.717) is 5.69 Å². The number of hydrogen-bond donors (Lipinski definition) is 1. The van der Waals surface area contributed by atoms with E-state index in [1.807, 2.05) is 0 Å². The van der Waals surface area contributed by atoms with Crippen molar-refractivity contribution < 1.29 is 17.9 Å². The van der Waals surface area contributed by atoms with Gasteiger partial charge in [0.05, 0.1) is 5.69 Å². The number of carbonyl (C=O) groups is 1. The molecule has 1 N–H and O–H groups in total. The zero-order valence-corrected chi connectivity index (χ0v) is 15.3. The highest BCUT2D eigenvalue weighted by Crippen LogP contribution is 2.14. The zero-order chi connectivity index (χ0) is 18.1. The van der Waals surface area contributed by atoms with Crippen molar-refractivity contribution in [2.75, 3.05) is 0 Å². The van der Waals surface area contributed by atoms with Crippen LogP contribution in [0.5, 0.6) is 0 Å². The van der Waals surface area contributed by atoms with Crippen LogP contribution in [0, 0.1) is 6.92 Å². The molecule has 0 radical (unpaired) electrons. The minimum Gasteiger partial charge on any atom is -0.515 e. The number of carbonyl (C=O) groups excluding carboxylic acids is 1. The van der Waals surface area contributed by atoms with E-state index in [0.717, 1.165) is 6.92 Å². The fraction of sp³-hybridized carbons (Fsp3) is 0.250. The first-order chi connectivity index (χ1) is 11.1. The van der Waals surface area contributed by atoms with Crippen LogP contribution in [-0.4, -0.2) is 36.2 Å². The van der Waals surface area contributed by atoms with E-state index >= 15 is 0 Å². The lowest BCUT2D eigenvalue weighted by Gasteiger charge is -2.15. The molecule has 0 aliphatic carbocycles. The summed E-state index contributed by atoms with van der Waals surface area (Å²) in [6, 6.07) is 2.83. The average Bonchev–Trinajstić information content (AvgIpc) is 2.77. The Morgan fingerprint density at radius 2 is 2.04 bits per heavy atom. The minimum atomic E-state index is -4.02. The summed E-state index contributed by atoms with van der Waals surface area (Å²) in [6.45, 7) is 2.69. The molecule has 2 rings (SSSR count). The van der Waals surface area contributed by atoms with Crippen LogP contribution in [0.3, 0.4) is 0 Å². The van der Waals surface area contributed by atoms with Gasteiger partial charge in [0.15, 0.2) is 0 Å². The van der Waals surface area contributed by atoms with Gasteiger partial charge < -0.3 is 4.65 Å². The summed E-state index contributed by atoms with van der Waals surface area (Å²) in [6.07, 6.45) is 1.34. The van der Waals surface area contributed by atoms with Crippen LogP contribution in [0.15, 0.2) is 23.2 Å². The first-order valence-electron chi connectivity index (χ1n) is 6.62. The quantitative estimate of drug-likeness (QED) is 0.594. The standard InChI is InChI=1S/C12H13BCl2N4O4S/c1-7-10(6-19(3)17-7)24(21,22)18-13(23-8(2)20)9-4-5-11(14)16-12(9)15/h4-6,18H,1-3H3. The second-order valence-electron chi connectivity index (χ2n) is 4.88. The number of aryl methyl sites for hydroxylation is 2. The molecule has 0 amide bonds. The Labute approximate surface area is 149 Å². The number of halogens is 2. The number of hydrogen-bond acceptors (Lipinski definition) is 6. The molecular formula is C12H13BCl2N4O4S. The van der Waals surface area contributed by atoms with Gasteiger partial charge in [0, 0.05) is 25.6 Å². The maximum absolute atomic E-state index is 12.6. The molecular weight excluding hydrogens is 378 g/mol. The summed E-state index contributed by atoms with van der Waals surface area (Å²) in [5.74, 6) is -0.698. The summed E-state index contributed by atoms with van der Waals surface area (Å²) in [5, 5.41) is 4.02. The van der Waals surface area contributed by atoms with Crippen LogP contribution < -0.4 is 10.1 Å². The number of sulfonamides is 1. The van der Waals surface area contributed by atoms with Crippen molar-refractivity contribution in [2.24, 2.45) is 7.05 Å². The monoisotopic (exact) mass is 390 g/mol. The topological polar surface area (TPSA) is 103 Å². The lowest BCUT2D eigenvalue weighted by molar-refractivity contribution is -0.132. The van der Waals surface area contributed by atoms with Crippen molar-refractivity contribution in [3.63, 3.8) is 0 Å². The Balaban J connectivity index is 2.42. The molecule has 2 aromatic rings. The van der Waals surface area contributed by atoms with Crippen LogP contribution >= 0.6 is 23.2 Å². The van der Waals surface area contributed by atoms with Crippen molar-refractivity contribution in [2.45, 2.75) is 18.7 Å². The van der Waals surface area contributed by atoms with Crippen LogP contribution in [-0.2, 0) is 26.5 Å². The van der Waals surface area contributed by atoms with Crippen LogP contribution in [0.4, 0.5) is 0 Å². The molecule has 0 spiro atoms. The molecule has 0 atom stereocenters. The molecule has 12 heteroatoms. The first kappa shape index (κ1) is 18.7. The third kappa shape index (κ3) is 4.26. The lowest BCUT2D eigenvalue weighted by atomic mass is 9.76. The Kier molecular flexibility index (Phi) is 5.54. The summed E-state index contributed by atoms with van der Waals surface area (Å²) in [5.41, 5.74) is 0.452. The van der Waals surface area contributed by atoms with E-state index in [1.54, 1.807) is 14.0 Å². The molecule has 128 valence electrons. The minimum absolute atomic E-state index is 0.0415. The van der Waals surface area contributed by atoms with Gasteiger partial charge in [-0.3, -0.25) is 9.48 Å². The zero-order valence-electron chi connectivity index (χ0n) is 12.9. The van der Waals surface area contributed by atoms with E-state index in [2.05, 4.69) is 14.7 Å². The van der Waals surface area contributed by atoms with E-state index in [9.17, 15) is 13.2 Å². The number of nitrogens with zero attached hydrogens (tertiary/aromatic N) is 3. The number of pyridine rings is 1. The SMILES string of the molecule is CC(=O)OB(NS(=O)(=O)c1cn(C)nc1C)c1ccc(Cl)nc1Cl. The molecule has 0 aromatic carbocycles. The van der Waals surface area contributed by atoms with E-state index in [-0.39, 0.29) is 20.7 Å². The molecule has 0 unspecified atom stereocenters. The molecule has 0 aliphatic heterocycles. The molecule has 0 fully saturated rings. The summed E-state index contributed by atoms with van der Waals surface area (Å²) in [4.78, 5) is 15.1. The van der Waals surface area contributed by atoms with Crippen molar-refractivity contribution >= 4 is 51.7 Å². The number of rotatable bonds is 5. The number of aromatic nitrogens is 3. The first-order valence-corrected chi connectivity index (χ1v) is 8.86. The maximum atomic E-state index is 12.6. The van der Waals surface area contributed by atoms with Gasteiger partial charge in [-0.1, -0.05) is 29.3 Å². The Hall–Kier alpha value is -1.62. The van der Waals surface area contributed by atoms with Gasteiger partial charge in [-0.05, 0) is 13.0 Å². The Morgan fingerprint density at radius 3 is 2.54 bits per heavy atom. The Bertz CT molecular complexity index is 887. The summed E-state index contributed by atoms with van der Waals surface area (Å²) >= 11 is 11.7. The van der Waals surface area contributed by atoms with Crippen molar-refractivity contribution in [3.8, 4) is 0 Å². The highest BCUT2D eigenvalue weighted by molar-refractivity contribution is 7.90. The predicted molar refractivity (Wildman–Crippen MR) is 89.7 cm³/mol. The normalized spacial score (nSPS) is 11.4. The summed E-state index contributed by atoms with van der Waals surface area (Å²) < 4.78 is 33.8. The number of nitrogens with one attached hydrogen (secondary N) is 1. The van der Waals surface area contributed by atoms with Gasteiger partial charge in [0.1, 0.15) is 15.2 Å². The molecule has 2 heterocycles. The van der Waals surface area contributed by atoms with Gasteiger partial charge >= 0.3 is 7.05 Å². The van der Waals surface area contributed by atoms with Crippen molar-refractivity contribution in [3.05, 3.63) is 34.3 Å². The Morgan fingerprint density at radius 1 is 1.38 bits per heavy atom. The van der Waals surface area contributed by atoms with Crippen LogP contribution in [0.25, 0.3) is 0 Å². The second kappa shape index (κ2) is 7.10. The van der Waals surface area contributed by atoms with Gasteiger partial charge in [0.2, 0.25) is 10.0 Å². The lowest BCUT2D eigenvalue weighted by Crippen LogP contribution is -2.51. The van der Waals surface area contributed by atoms with Crippen LogP contribution in [0.2, 0.25) is 10.3 Å². The fourth-order valence-corrected chi connectivity index (χ4v) is 3.73. The van der Waals surface area contributed by atoms with Crippen molar-refractivity contribution in [1.29, 1.82) is 0 Å². The third-order valence-electron chi connectivity index (χ3n) is 2.93. The molecule has 0 saturated carbocycles. The largest absolute Gasteiger partial charge is 0.515 e. The average molecular weight is 391 g/mol. The van der Waals surface area contributed by atoms with Crippen LogP contribution in [0.1, 0.15) is 12.6 Å². The highest BCUT2D eigenvalue weighted by atomic mass is 35.5. The molecule has 2 aromatic heterocycles. The van der Waals surface area contributed by atoms with Gasteiger partial charge in [-0.2, -0.15) is 5.10 Å². The van der Waals surface area contributed by atoms with E-state index in [4.69, 9.17) is 27.9 Å². The summed E-state index contributed by atoms with van der Waals surface area (Å²) in [7, 11) is -3.78. The van der Waals surface area contributed by atoms with E-state index < -0.39 is 23.0 Å². The molecule has 8 nitrogen and oxygen atoms in total. The maximum Gasteiger partial charge on any atom is 0.502 e. The van der Waals surface area contributed by atoms with E-state index in [1.165, 1.54) is 23.0 Å². The smallest absolute Gasteiger partial charge is 0.502 e. The molecule has 0 bridgehead atoms. The van der Waals surface area contributed by atoms with Gasteiger partial charge in [-0.15, -0.1) is 0 Å². The van der Waals surface area contributed by atoms with Gasteiger partial charge in [0.25, 0.3) is 5.97 Å². The predicted octanol–water partition coefficient (Wildman–Crippen LogP) is 0.667. The van der Waals surface area contributed by atoms with Crippen molar-refractivity contribution in [1.82, 2.24) is 19.4 Å². The molecule has 0 saturated heterocycles. The highest BCUT2D eigenvalue weighted by Gasteiger charge is 2.33. The second-order valence-corrected chi connectivity index (χ2v) is 7.30. The fourth-order valence-electron chi connectivity index (χ4n) is 1.98. The molecule has 0 aliphatic rings. The molecule has 24 heavy (non-hydrogen) atoms. The van der Waals surface area contributed by atoms with Gasteiger partial charge in [-0.25, -0.2) is 18.0 Å².